The Morgan fingerprint density at radius 3 is 2.50 bits per heavy atom. The minimum absolute atomic E-state index is 0.163. The van der Waals surface area contributed by atoms with Crippen molar-refractivity contribution in [2.75, 3.05) is 13.7 Å². The smallest absolute Gasteiger partial charge is 0.261 e. The van der Waals surface area contributed by atoms with Crippen LogP contribution < -0.4 is 10.1 Å². The Morgan fingerprint density at radius 2 is 1.80 bits per heavy atom. The predicted molar refractivity (Wildman–Crippen MR) is 118 cm³/mol. The van der Waals surface area contributed by atoms with Crippen LogP contribution in [-0.4, -0.2) is 36.4 Å². The van der Waals surface area contributed by atoms with Crippen LogP contribution >= 0.6 is 15.9 Å². The molecule has 0 aliphatic carbocycles. The number of hydrogen-bond donors (Lipinski definition) is 1. The molecule has 3 aromatic carbocycles. The Bertz CT molecular complexity index is 1060. The molecule has 2 amide bonds. The first-order chi connectivity index (χ1) is 14.4. The fourth-order valence-corrected chi connectivity index (χ4v) is 3.73. The van der Waals surface area contributed by atoms with E-state index < -0.39 is 6.04 Å². The van der Waals surface area contributed by atoms with Gasteiger partial charge in [0.15, 0.2) is 6.61 Å². The van der Waals surface area contributed by atoms with Gasteiger partial charge < -0.3 is 15.0 Å². The number of hydrogen-bond acceptors (Lipinski definition) is 3. The third-order valence-corrected chi connectivity index (χ3v) is 5.68. The minimum Gasteiger partial charge on any atom is -0.483 e. The Kier molecular flexibility index (Phi) is 7.05. The molecule has 0 heterocycles. The third kappa shape index (κ3) is 4.97. The molecule has 30 heavy (non-hydrogen) atoms. The second-order valence-electron chi connectivity index (χ2n) is 6.83. The number of carbonyl (C=O) groups is 2. The zero-order chi connectivity index (χ0) is 21.7. The van der Waals surface area contributed by atoms with Crippen molar-refractivity contribution in [3.63, 3.8) is 0 Å². The third-order valence-electron chi connectivity index (χ3n) is 4.86. The van der Waals surface area contributed by atoms with Crippen molar-refractivity contribution in [3.05, 3.63) is 76.5 Å². The van der Waals surface area contributed by atoms with Gasteiger partial charge in [-0.2, -0.15) is 0 Å². The summed E-state index contributed by atoms with van der Waals surface area (Å²) in [4.78, 5) is 26.5. The molecule has 0 aliphatic rings. The van der Waals surface area contributed by atoms with E-state index in [4.69, 9.17) is 4.74 Å². The zero-order valence-electron chi connectivity index (χ0n) is 16.7. The van der Waals surface area contributed by atoms with E-state index in [1.165, 1.54) is 24.1 Å². The van der Waals surface area contributed by atoms with Crippen molar-refractivity contribution in [1.29, 1.82) is 0 Å². The van der Waals surface area contributed by atoms with E-state index >= 15 is 0 Å². The molecule has 0 saturated carbocycles. The molecule has 7 heteroatoms. The quantitative estimate of drug-likeness (QED) is 0.558. The van der Waals surface area contributed by atoms with Crippen LogP contribution in [0.4, 0.5) is 4.39 Å². The van der Waals surface area contributed by atoms with Crippen molar-refractivity contribution >= 4 is 38.5 Å². The van der Waals surface area contributed by atoms with E-state index in [1.54, 1.807) is 25.1 Å². The second kappa shape index (κ2) is 9.71. The Morgan fingerprint density at radius 1 is 1.10 bits per heavy atom. The molecule has 0 radical (unpaired) electrons. The summed E-state index contributed by atoms with van der Waals surface area (Å²) in [6.45, 7) is 1.57. The molecule has 5 nitrogen and oxygen atoms in total. The normalized spacial score (nSPS) is 11.7. The Hall–Kier alpha value is -2.93. The maximum absolute atomic E-state index is 13.2. The first kappa shape index (κ1) is 21.8. The number of likely N-dealkylation sites (N-methyl/N-ethyl adjacent to an activating group) is 1. The van der Waals surface area contributed by atoms with Gasteiger partial charge in [0.05, 0.1) is 4.47 Å². The summed E-state index contributed by atoms with van der Waals surface area (Å²) >= 11 is 3.54. The molecular weight excluding hydrogens is 451 g/mol. The Labute approximate surface area is 183 Å². The van der Waals surface area contributed by atoms with Crippen LogP contribution in [0.25, 0.3) is 10.8 Å². The number of benzene rings is 3. The number of rotatable bonds is 7. The molecule has 0 spiro atoms. The number of amides is 2. The van der Waals surface area contributed by atoms with E-state index in [0.29, 0.717) is 11.3 Å². The molecule has 0 aromatic heterocycles. The van der Waals surface area contributed by atoms with Crippen LogP contribution in [-0.2, 0) is 16.1 Å². The highest BCUT2D eigenvalue weighted by molar-refractivity contribution is 9.10. The van der Waals surface area contributed by atoms with Crippen molar-refractivity contribution in [2.24, 2.45) is 0 Å². The summed E-state index contributed by atoms with van der Waals surface area (Å²) in [5, 5.41) is 4.58. The van der Waals surface area contributed by atoms with Gasteiger partial charge in [0, 0.05) is 13.6 Å². The van der Waals surface area contributed by atoms with Gasteiger partial charge in [-0.05, 0) is 57.4 Å². The first-order valence-electron chi connectivity index (χ1n) is 9.46. The summed E-state index contributed by atoms with van der Waals surface area (Å²) in [7, 11) is 1.52. The number of ether oxygens (including phenoxy) is 1. The SMILES string of the molecule is CNC(=O)C(C)N(Cc1ccc(F)cc1)C(=O)COc1ccc2ccccc2c1Br. The van der Waals surface area contributed by atoms with Gasteiger partial charge >= 0.3 is 0 Å². The lowest BCUT2D eigenvalue weighted by Crippen LogP contribution is -2.48. The number of nitrogens with zero attached hydrogens (tertiary/aromatic N) is 1. The van der Waals surface area contributed by atoms with Gasteiger partial charge in [0.1, 0.15) is 17.6 Å². The maximum atomic E-state index is 13.2. The maximum Gasteiger partial charge on any atom is 0.261 e. The number of fused-ring (bicyclic) bond motifs is 1. The van der Waals surface area contributed by atoms with Gasteiger partial charge in [-0.25, -0.2) is 4.39 Å². The highest BCUT2D eigenvalue weighted by Gasteiger charge is 2.26. The lowest BCUT2D eigenvalue weighted by atomic mass is 10.1. The molecule has 3 aromatic rings. The standard InChI is InChI=1S/C23H22BrFN2O3/c1-15(23(29)26-2)27(13-16-7-10-18(25)11-8-16)21(28)14-30-20-12-9-17-5-3-4-6-19(17)22(20)24/h3-12,15H,13-14H2,1-2H3,(H,26,29). The monoisotopic (exact) mass is 472 g/mol. The minimum atomic E-state index is -0.712. The topological polar surface area (TPSA) is 58.6 Å². The average molecular weight is 473 g/mol. The number of halogens is 2. The van der Waals surface area contributed by atoms with Gasteiger partial charge in [-0.15, -0.1) is 0 Å². The van der Waals surface area contributed by atoms with E-state index in [1.807, 2.05) is 30.3 Å². The van der Waals surface area contributed by atoms with Gasteiger partial charge in [-0.3, -0.25) is 9.59 Å². The molecule has 0 saturated heterocycles. The van der Waals surface area contributed by atoms with Gasteiger partial charge in [0.25, 0.3) is 5.91 Å². The van der Waals surface area contributed by atoms with E-state index in [0.717, 1.165) is 15.2 Å². The van der Waals surface area contributed by atoms with Gasteiger partial charge in [0.2, 0.25) is 5.91 Å². The fraction of sp³-hybridized carbons (Fsp3) is 0.217. The Balaban J connectivity index is 1.78. The highest BCUT2D eigenvalue weighted by atomic mass is 79.9. The molecule has 3 rings (SSSR count). The summed E-state index contributed by atoms with van der Waals surface area (Å²) in [6, 6.07) is 16.7. The van der Waals surface area contributed by atoms with E-state index in [9.17, 15) is 14.0 Å². The van der Waals surface area contributed by atoms with Crippen molar-refractivity contribution < 1.29 is 18.7 Å². The number of nitrogens with one attached hydrogen (secondary N) is 1. The van der Waals surface area contributed by atoms with Crippen LogP contribution in [0.15, 0.2) is 65.1 Å². The van der Waals surface area contributed by atoms with E-state index in [-0.39, 0.29) is 30.8 Å². The molecule has 1 N–H and O–H groups in total. The molecule has 1 atom stereocenters. The largest absolute Gasteiger partial charge is 0.483 e. The average Bonchev–Trinajstić information content (AvgIpc) is 2.77. The van der Waals surface area contributed by atoms with Crippen molar-refractivity contribution in [3.8, 4) is 5.75 Å². The molecular formula is C23H22BrFN2O3. The van der Waals surface area contributed by atoms with Crippen molar-refractivity contribution in [2.45, 2.75) is 19.5 Å². The molecule has 0 fully saturated rings. The van der Waals surface area contributed by atoms with Crippen LogP contribution in [0.1, 0.15) is 12.5 Å². The summed E-state index contributed by atoms with van der Waals surface area (Å²) in [5.74, 6) is -0.468. The fourth-order valence-electron chi connectivity index (χ4n) is 3.13. The van der Waals surface area contributed by atoms with E-state index in [2.05, 4.69) is 21.2 Å². The molecule has 1 unspecified atom stereocenters. The summed E-state index contributed by atoms with van der Waals surface area (Å²) < 4.78 is 19.8. The lowest BCUT2D eigenvalue weighted by Gasteiger charge is -2.28. The van der Waals surface area contributed by atoms with Crippen LogP contribution in [0, 0.1) is 5.82 Å². The van der Waals surface area contributed by atoms with Crippen LogP contribution in [0.2, 0.25) is 0 Å². The lowest BCUT2D eigenvalue weighted by molar-refractivity contribution is -0.142. The van der Waals surface area contributed by atoms with Gasteiger partial charge in [-0.1, -0.05) is 42.5 Å². The highest BCUT2D eigenvalue weighted by Crippen LogP contribution is 2.33. The van der Waals surface area contributed by atoms with Crippen LogP contribution in [0.3, 0.4) is 0 Å². The molecule has 0 aliphatic heterocycles. The van der Waals surface area contributed by atoms with Crippen molar-refractivity contribution in [1.82, 2.24) is 10.2 Å². The number of carbonyl (C=O) groups excluding carboxylic acids is 2. The summed E-state index contributed by atoms with van der Waals surface area (Å²) in [6.07, 6.45) is 0. The summed E-state index contributed by atoms with van der Waals surface area (Å²) in [5.41, 5.74) is 0.715. The zero-order valence-corrected chi connectivity index (χ0v) is 18.3. The molecule has 0 bridgehead atoms. The second-order valence-corrected chi connectivity index (χ2v) is 7.62. The van der Waals surface area contributed by atoms with Crippen LogP contribution in [0.5, 0.6) is 5.75 Å². The molecule has 156 valence electrons. The first-order valence-corrected chi connectivity index (χ1v) is 10.3. The predicted octanol–water partition coefficient (Wildman–Crippen LogP) is 4.28.